The van der Waals surface area contributed by atoms with Crippen molar-refractivity contribution in [2.75, 3.05) is 13.2 Å². The number of para-hydroxylation sites is 1. The second-order valence-corrected chi connectivity index (χ2v) is 11.6. The van der Waals surface area contributed by atoms with Gasteiger partial charge in [-0.25, -0.2) is 9.08 Å². The maximum absolute atomic E-state index is 13.9. The van der Waals surface area contributed by atoms with Crippen molar-refractivity contribution in [1.82, 2.24) is 19.7 Å². The van der Waals surface area contributed by atoms with Gasteiger partial charge in [-0.15, -0.1) is 0 Å². The number of ether oxygens (including phenoxy) is 2. The molecule has 0 amide bonds. The fourth-order valence-corrected chi connectivity index (χ4v) is 6.06. The first-order valence-electron chi connectivity index (χ1n) is 13.5. The highest BCUT2D eigenvalue weighted by Gasteiger charge is 2.58. The standard InChI is InChI=1S/C27H34N5O9P/c1-4-18(5-2)13-38-26(36)17(3)31-42(37,41-19-9-7-6-8-10-19)39-14-21-23(33)24(34)27(15-28,40-21)22-12-11-20-25(35)29-16-30-32(20)22/h6-12,16-18,21,23-24,33-34H,4-5,13-14H2,1-3H3,(H,31,37)(H,29,30,35)/t17-,21+,23+,24+,27-,42?/m0/s1. The first-order valence-corrected chi connectivity index (χ1v) is 15.1. The van der Waals surface area contributed by atoms with E-state index >= 15 is 0 Å². The molecule has 1 aliphatic heterocycles. The summed E-state index contributed by atoms with van der Waals surface area (Å²) in [6.45, 7) is 5.01. The Balaban J connectivity index is 1.54. The van der Waals surface area contributed by atoms with Gasteiger partial charge in [0.25, 0.3) is 5.56 Å². The molecule has 0 bridgehead atoms. The van der Waals surface area contributed by atoms with E-state index in [2.05, 4.69) is 15.2 Å². The number of benzene rings is 1. The van der Waals surface area contributed by atoms with Gasteiger partial charge in [-0.05, 0) is 37.1 Å². The molecule has 1 aliphatic rings. The van der Waals surface area contributed by atoms with Crippen LogP contribution >= 0.6 is 7.75 Å². The van der Waals surface area contributed by atoms with Crippen LogP contribution in [0.2, 0.25) is 0 Å². The number of hydrogen-bond donors (Lipinski definition) is 4. The van der Waals surface area contributed by atoms with Crippen molar-refractivity contribution in [3.63, 3.8) is 0 Å². The summed E-state index contributed by atoms with van der Waals surface area (Å²) in [6.07, 6.45) is -2.08. The third-order valence-corrected chi connectivity index (χ3v) is 8.80. The first kappa shape index (κ1) is 31.4. The van der Waals surface area contributed by atoms with Gasteiger partial charge in [-0.3, -0.25) is 14.1 Å². The molecule has 15 heteroatoms. The van der Waals surface area contributed by atoms with E-state index in [1.807, 2.05) is 19.9 Å². The molecular weight excluding hydrogens is 569 g/mol. The maximum Gasteiger partial charge on any atom is 0.459 e. The Labute approximate surface area is 241 Å². The predicted octanol–water partition coefficient (Wildman–Crippen LogP) is 2.02. The van der Waals surface area contributed by atoms with Crippen LogP contribution in [-0.2, 0) is 29.0 Å². The second kappa shape index (κ2) is 13.2. The third-order valence-electron chi connectivity index (χ3n) is 7.16. The zero-order valence-electron chi connectivity index (χ0n) is 23.4. The smallest absolute Gasteiger partial charge is 0.459 e. The molecule has 4 rings (SSSR count). The molecule has 0 aliphatic carbocycles. The van der Waals surface area contributed by atoms with Gasteiger partial charge in [0, 0.05) is 0 Å². The fraction of sp³-hybridized carbons (Fsp3) is 0.481. The summed E-state index contributed by atoms with van der Waals surface area (Å²) in [5.41, 5.74) is -2.56. The molecule has 42 heavy (non-hydrogen) atoms. The van der Waals surface area contributed by atoms with E-state index in [-0.39, 0.29) is 29.5 Å². The van der Waals surface area contributed by atoms with Crippen LogP contribution in [0.15, 0.2) is 53.6 Å². The van der Waals surface area contributed by atoms with Crippen LogP contribution in [0.1, 0.15) is 39.3 Å². The van der Waals surface area contributed by atoms with Crippen LogP contribution in [0, 0.1) is 17.2 Å². The molecule has 0 spiro atoms. The van der Waals surface area contributed by atoms with E-state index in [9.17, 15) is 29.6 Å². The van der Waals surface area contributed by atoms with Gasteiger partial charge in [0.05, 0.1) is 18.9 Å². The summed E-state index contributed by atoms with van der Waals surface area (Å²) < 4.78 is 37.5. The van der Waals surface area contributed by atoms with Crippen LogP contribution < -0.4 is 15.2 Å². The summed E-state index contributed by atoms with van der Waals surface area (Å²) >= 11 is 0. The quantitative estimate of drug-likeness (QED) is 0.164. The van der Waals surface area contributed by atoms with E-state index in [1.165, 1.54) is 31.2 Å². The van der Waals surface area contributed by atoms with Gasteiger partial charge in [0.1, 0.15) is 48.0 Å². The molecule has 0 radical (unpaired) electrons. The Kier molecular flexibility index (Phi) is 9.83. The van der Waals surface area contributed by atoms with E-state index in [1.54, 1.807) is 18.2 Å². The van der Waals surface area contributed by atoms with Gasteiger partial charge < -0.3 is 29.2 Å². The number of aromatic amines is 1. The largest absolute Gasteiger partial charge is 0.464 e. The maximum atomic E-state index is 13.9. The molecule has 2 aromatic heterocycles. The number of nitrogens with zero attached hydrogens (tertiary/aromatic N) is 3. The molecule has 1 aromatic carbocycles. The zero-order chi connectivity index (χ0) is 30.5. The van der Waals surface area contributed by atoms with Crippen LogP contribution in [-0.4, -0.2) is 68.3 Å². The van der Waals surface area contributed by atoms with Crippen LogP contribution in [0.4, 0.5) is 0 Å². The number of fused-ring (bicyclic) bond motifs is 1. The molecule has 14 nitrogen and oxygen atoms in total. The second-order valence-electron chi connectivity index (χ2n) is 9.93. The SMILES string of the molecule is CCC(CC)COC(=O)[C@H](C)NP(=O)(OC[C@H]1O[C@@](C#N)(c2ccc3c(=O)[nH]cnn23)[C@H](O)[C@@H]1O)Oc1ccccc1. The molecule has 3 aromatic rings. The number of carbonyl (C=O) groups excluding carboxylic acids is 1. The minimum absolute atomic E-state index is 0.00387. The Morgan fingerprint density at radius 2 is 1.98 bits per heavy atom. The number of rotatable bonds is 13. The normalized spacial score (nSPS) is 24.3. The van der Waals surface area contributed by atoms with Crippen LogP contribution in [0.5, 0.6) is 5.75 Å². The average Bonchev–Trinajstić information content (AvgIpc) is 3.53. The molecule has 1 fully saturated rings. The van der Waals surface area contributed by atoms with Crippen molar-refractivity contribution in [3.8, 4) is 11.8 Å². The summed E-state index contributed by atoms with van der Waals surface area (Å²) in [5, 5.41) is 38.5. The van der Waals surface area contributed by atoms with E-state index < -0.39 is 55.8 Å². The summed E-state index contributed by atoms with van der Waals surface area (Å²) in [5.74, 6) is -0.314. The van der Waals surface area contributed by atoms with Gasteiger partial charge >= 0.3 is 13.7 Å². The summed E-state index contributed by atoms with van der Waals surface area (Å²) in [4.78, 5) is 27.2. The highest BCUT2D eigenvalue weighted by molar-refractivity contribution is 7.52. The van der Waals surface area contributed by atoms with E-state index in [0.717, 1.165) is 23.7 Å². The number of esters is 1. The number of nitrogens with one attached hydrogen (secondary N) is 2. The number of H-pyrrole nitrogens is 1. The molecule has 3 heterocycles. The highest BCUT2D eigenvalue weighted by Crippen LogP contribution is 2.47. The molecular formula is C27H34N5O9P. The minimum Gasteiger partial charge on any atom is -0.464 e. The summed E-state index contributed by atoms with van der Waals surface area (Å²) in [6, 6.07) is 11.6. The zero-order valence-corrected chi connectivity index (χ0v) is 24.3. The van der Waals surface area contributed by atoms with Crippen molar-refractivity contribution in [2.45, 2.75) is 63.6 Å². The number of nitriles is 1. The predicted molar refractivity (Wildman–Crippen MR) is 148 cm³/mol. The topological polar surface area (TPSA) is 197 Å². The van der Waals surface area contributed by atoms with Crippen molar-refractivity contribution in [2.24, 2.45) is 5.92 Å². The van der Waals surface area contributed by atoms with Crippen molar-refractivity contribution in [3.05, 3.63) is 64.8 Å². The Morgan fingerprint density at radius 3 is 2.64 bits per heavy atom. The van der Waals surface area contributed by atoms with Crippen LogP contribution in [0.25, 0.3) is 5.52 Å². The van der Waals surface area contributed by atoms with Crippen LogP contribution in [0.3, 0.4) is 0 Å². The number of aliphatic hydroxyl groups is 2. The van der Waals surface area contributed by atoms with Gasteiger partial charge in [0.2, 0.25) is 5.60 Å². The Morgan fingerprint density at radius 1 is 1.26 bits per heavy atom. The van der Waals surface area contributed by atoms with Gasteiger partial charge in [-0.2, -0.15) is 15.4 Å². The Bertz CT molecular complexity index is 1520. The minimum atomic E-state index is -4.34. The fourth-order valence-electron chi connectivity index (χ4n) is 4.56. The highest BCUT2D eigenvalue weighted by atomic mass is 31.2. The number of aliphatic hydroxyl groups excluding tert-OH is 2. The molecule has 226 valence electrons. The number of aromatic nitrogens is 3. The monoisotopic (exact) mass is 603 g/mol. The average molecular weight is 604 g/mol. The lowest BCUT2D eigenvalue weighted by atomic mass is 9.92. The molecule has 4 N–H and O–H groups in total. The van der Waals surface area contributed by atoms with E-state index in [0.29, 0.717) is 0 Å². The lowest BCUT2D eigenvalue weighted by Crippen LogP contribution is -2.41. The lowest BCUT2D eigenvalue weighted by molar-refractivity contribution is -0.146. The van der Waals surface area contributed by atoms with Gasteiger partial charge in [0.15, 0.2) is 0 Å². The Hall–Kier alpha value is -3.57. The lowest BCUT2D eigenvalue weighted by Gasteiger charge is -2.25. The van der Waals surface area contributed by atoms with Gasteiger partial charge in [-0.1, -0.05) is 44.9 Å². The first-order chi connectivity index (χ1) is 20.1. The number of carbonyl (C=O) groups is 1. The molecule has 0 saturated carbocycles. The van der Waals surface area contributed by atoms with Crippen molar-refractivity contribution in [1.29, 1.82) is 5.26 Å². The molecule has 1 unspecified atom stereocenters. The molecule has 1 saturated heterocycles. The summed E-state index contributed by atoms with van der Waals surface area (Å²) in [7, 11) is -4.34. The molecule has 6 atom stereocenters. The number of hydrogen-bond acceptors (Lipinski definition) is 11. The van der Waals surface area contributed by atoms with E-state index in [4.69, 9.17) is 18.5 Å². The van der Waals surface area contributed by atoms with Crippen molar-refractivity contribution < 1.29 is 38.1 Å². The van der Waals surface area contributed by atoms with Crippen molar-refractivity contribution >= 4 is 19.2 Å². The third kappa shape index (κ3) is 6.42.